The predicted octanol–water partition coefficient (Wildman–Crippen LogP) is 3.23. The summed E-state index contributed by atoms with van der Waals surface area (Å²) in [6.45, 7) is 4.92. The fourth-order valence-electron chi connectivity index (χ4n) is 2.82. The highest BCUT2D eigenvalue weighted by atomic mass is 16.5. The lowest BCUT2D eigenvalue weighted by Crippen LogP contribution is -2.38. The van der Waals surface area contributed by atoms with E-state index in [4.69, 9.17) is 8.94 Å². The van der Waals surface area contributed by atoms with Crippen LogP contribution in [0.25, 0.3) is 0 Å². The van der Waals surface area contributed by atoms with Gasteiger partial charge in [0.15, 0.2) is 11.6 Å². The van der Waals surface area contributed by atoms with Crippen LogP contribution in [0.2, 0.25) is 0 Å². The Morgan fingerprint density at radius 1 is 1.45 bits per heavy atom. The molecule has 0 unspecified atom stereocenters. The molecule has 0 spiro atoms. The zero-order valence-corrected chi connectivity index (χ0v) is 13.0. The predicted molar refractivity (Wildman–Crippen MR) is 79.2 cm³/mol. The van der Waals surface area contributed by atoms with Gasteiger partial charge >= 0.3 is 0 Å². The summed E-state index contributed by atoms with van der Waals surface area (Å²) < 4.78 is 10.6. The molecular formula is C16H21N3O3. The molecule has 118 valence electrons. The van der Waals surface area contributed by atoms with E-state index in [9.17, 15) is 4.79 Å². The van der Waals surface area contributed by atoms with Gasteiger partial charge in [0.2, 0.25) is 5.89 Å². The average molecular weight is 303 g/mol. The van der Waals surface area contributed by atoms with E-state index in [1.165, 1.54) is 6.26 Å². The van der Waals surface area contributed by atoms with Gasteiger partial charge in [-0.1, -0.05) is 19.0 Å². The van der Waals surface area contributed by atoms with Crippen LogP contribution in [0.3, 0.4) is 0 Å². The summed E-state index contributed by atoms with van der Waals surface area (Å²) in [5.41, 5.74) is 0. The fourth-order valence-corrected chi connectivity index (χ4v) is 2.82. The van der Waals surface area contributed by atoms with Crippen molar-refractivity contribution in [2.24, 2.45) is 5.92 Å². The van der Waals surface area contributed by atoms with Crippen LogP contribution in [0, 0.1) is 5.92 Å². The van der Waals surface area contributed by atoms with Crippen LogP contribution in [0.4, 0.5) is 0 Å². The Balaban J connectivity index is 1.80. The van der Waals surface area contributed by atoms with Gasteiger partial charge in [0.05, 0.1) is 6.26 Å². The first-order chi connectivity index (χ1) is 10.6. The lowest BCUT2D eigenvalue weighted by molar-refractivity contribution is 0.0529. The Kier molecular flexibility index (Phi) is 4.27. The number of likely N-dealkylation sites (tertiary alicyclic amines) is 1. The molecule has 1 amide bonds. The number of furan rings is 1. The van der Waals surface area contributed by atoms with Gasteiger partial charge in [-0.25, -0.2) is 0 Å². The zero-order valence-electron chi connectivity index (χ0n) is 13.0. The van der Waals surface area contributed by atoms with E-state index in [0.29, 0.717) is 29.9 Å². The number of carbonyl (C=O) groups excluding carboxylic acids is 1. The smallest absolute Gasteiger partial charge is 0.290 e. The minimum Gasteiger partial charge on any atom is -0.459 e. The fraction of sp³-hybridized carbons (Fsp3) is 0.562. The van der Waals surface area contributed by atoms with Crippen molar-refractivity contribution in [1.82, 2.24) is 15.0 Å². The van der Waals surface area contributed by atoms with Gasteiger partial charge in [-0.3, -0.25) is 4.79 Å². The van der Waals surface area contributed by atoms with Gasteiger partial charge in [-0.15, -0.1) is 0 Å². The van der Waals surface area contributed by atoms with Crippen molar-refractivity contribution in [1.29, 1.82) is 0 Å². The maximum Gasteiger partial charge on any atom is 0.290 e. The van der Waals surface area contributed by atoms with E-state index >= 15 is 0 Å². The monoisotopic (exact) mass is 303 g/mol. The van der Waals surface area contributed by atoms with Gasteiger partial charge in [0.1, 0.15) is 6.04 Å². The minimum atomic E-state index is -0.153. The Bertz CT molecular complexity index is 618. The molecule has 1 atom stereocenters. The largest absolute Gasteiger partial charge is 0.459 e. The summed E-state index contributed by atoms with van der Waals surface area (Å²) >= 11 is 0. The van der Waals surface area contributed by atoms with Gasteiger partial charge in [-0.2, -0.15) is 4.98 Å². The number of rotatable bonds is 4. The number of hydrogen-bond acceptors (Lipinski definition) is 5. The van der Waals surface area contributed by atoms with E-state index in [1.807, 2.05) is 0 Å². The van der Waals surface area contributed by atoms with Crippen molar-refractivity contribution in [3.63, 3.8) is 0 Å². The number of hydrogen-bond donors (Lipinski definition) is 0. The second kappa shape index (κ2) is 6.34. The van der Waals surface area contributed by atoms with Gasteiger partial charge in [-0.05, 0) is 37.3 Å². The number of aromatic nitrogens is 2. The highest BCUT2D eigenvalue weighted by Gasteiger charge is 2.33. The second-order valence-electron chi connectivity index (χ2n) is 6.13. The molecule has 6 heteroatoms. The number of amides is 1. The minimum absolute atomic E-state index is 0.113. The van der Waals surface area contributed by atoms with Crippen LogP contribution in [-0.4, -0.2) is 27.5 Å². The van der Waals surface area contributed by atoms with Crippen molar-refractivity contribution in [3.8, 4) is 0 Å². The Hall–Kier alpha value is -2.11. The standard InChI is InChI=1S/C16H21N3O3/c1-11(2)10-14-17-15(22-18-14)12-6-3-4-8-19(12)16(20)13-7-5-9-21-13/h5,7,9,11-12H,3-4,6,8,10H2,1-2H3/t12-/m0/s1. The maximum absolute atomic E-state index is 12.6. The molecule has 1 saturated heterocycles. The van der Waals surface area contributed by atoms with Crippen LogP contribution in [0.15, 0.2) is 27.3 Å². The molecule has 0 bridgehead atoms. The molecule has 1 aliphatic heterocycles. The quantitative estimate of drug-likeness (QED) is 0.867. The summed E-state index contributed by atoms with van der Waals surface area (Å²) in [5.74, 6) is 1.96. The molecule has 1 aliphatic rings. The average Bonchev–Trinajstić information content (AvgIpc) is 3.17. The van der Waals surface area contributed by atoms with E-state index < -0.39 is 0 Å². The van der Waals surface area contributed by atoms with E-state index in [1.54, 1.807) is 17.0 Å². The maximum atomic E-state index is 12.6. The number of piperidine rings is 1. The second-order valence-corrected chi connectivity index (χ2v) is 6.13. The van der Waals surface area contributed by atoms with Crippen molar-refractivity contribution in [2.75, 3.05) is 6.54 Å². The molecule has 22 heavy (non-hydrogen) atoms. The van der Waals surface area contributed by atoms with Crippen LogP contribution in [0.1, 0.15) is 61.4 Å². The summed E-state index contributed by atoms with van der Waals surface area (Å²) in [7, 11) is 0. The SMILES string of the molecule is CC(C)Cc1noc([C@@H]2CCCCN2C(=O)c2ccco2)n1. The molecule has 0 saturated carbocycles. The highest BCUT2D eigenvalue weighted by molar-refractivity contribution is 5.91. The lowest BCUT2D eigenvalue weighted by Gasteiger charge is -2.32. The lowest BCUT2D eigenvalue weighted by atomic mass is 10.0. The summed E-state index contributed by atoms with van der Waals surface area (Å²) in [5, 5.41) is 4.04. The molecule has 0 N–H and O–H groups in total. The molecule has 2 aromatic rings. The topological polar surface area (TPSA) is 72.4 Å². The van der Waals surface area contributed by atoms with Gasteiger partial charge in [0.25, 0.3) is 5.91 Å². The van der Waals surface area contributed by atoms with Crippen molar-refractivity contribution < 1.29 is 13.7 Å². The molecule has 3 heterocycles. The first kappa shape index (κ1) is 14.8. The Labute approximate surface area is 129 Å². The van der Waals surface area contributed by atoms with Crippen LogP contribution in [0.5, 0.6) is 0 Å². The van der Waals surface area contributed by atoms with Gasteiger partial charge in [0, 0.05) is 13.0 Å². The van der Waals surface area contributed by atoms with Crippen molar-refractivity contribution >= 4 is 5.91 Å². The summed E-state index contributed by atoms with van der Waals surface area (Å²) in [6, 6.07) is 3.26. The molecule has 6 nitrogen and oxygen atoms in total. The van der Waals surface area contributed by atoms with Crippen LogP contribution < -0.4 is 0 Å². The Morgan fingerprint density at radius 3 is 3.05 bits per heavy atom. The Morgan fingerprint density at radius 2 is 2.32 bits per heavy atom. The van der Waals surface area contributed by atoms with E-state index in [-0.39, 0.29) is 11.9 Å². The molecular weight excluding hydrogens is 282 g/mol. The first-order valence-corrected chi connectivity index (χ1v) is 7.82. The first-order valence-electron chi connectivity index (χ1n) is 7.82. The highest BCUT2D eigenvalue weighted by Crippen LogP contribution is 2.31. The third kappa shape index (κ3) is 3.05. The van der Waals surface area contributed by atoms with Crippen molar-refractivity contribution in [3.05, 3.63) is 35.9 Å². The number of nitrogens with zero attached hydrogens (tertiary/aromatic N) is 3. The zero-order chi connectivity index (χ0) is 15.5. The molecule has 2 aromatic heterocycles. The third-order valence-corrected chi connectivity index (χ3v) is 3.86. The molecule has 0 aromatic carbocycles. The summed E-state index contributed by atoms with van der Waals surface area (Å²) in [6.07, 6.45) is 5.17. The number of carbonyl (C=O) groups is 1. The van der Waals surface area contributed by atoms with Crippen LogP contribution >= 0.6 is 0 Å². The van der Waals surface area contributed by atoms with E-state index in [2.05, 4.69) is 24.0 Å². The molecule has 0 aliphatic carbocycles. The van der Waals surface area contributed by atoms with E-state index in [0.717, 1.165) is 25.7 Å². The normalized spacial score (nSPS) is 18.9. The van der Waals surface area contributed by atoms with Gasteiger partial charge < -0.3 is 13.8 Å². The molecule has 0 radical (unpaired) electrons. The molecule has 1 fully saturated rings. The van der Waals surface area contributed by atoms with Crippen molar-refractivity contribution in [2.45, 2.75) is 45.6 Å². The summed E-state index contributed by atoms with van der Waals surface area (Å²) in [4.78, 5) is 18.8. The molecule has 3 rings (SSSR count). The van der Waals surface area contributed by atoms with Crippen LogP contribution in [-0.2, 0) is 6.42 Å². The third-order valence-electron chi connectivity index (χ3n) is 3.86.